The molecule has 0 atom stereocenters. The van der Waals surface area contributed by atoms with Gasteiger partial charge >= 0.3 is 0 Å². The van der Waals surface area contributed by atoms with E-state index in [1.165, 1.54) is 22.2 Å². The van der Waals surface area contributed by atoms with Gasteiger partial charge in [-0.25, -0.2) is 4.98 Å². The number of likely N-dealkylation sites (N-methyl/N-ethyl adjacent to an activating group) is 2. The van der Waals surface area contributed by atoms with Gasteiger partial charge in [0.1, 0.15) is 0 Å². The number of imidazole rings is 1. The van der Waals surface area contributed by atoms with Crippen molar-refractivity contribution in [2.45, 2.75) is 26.4 Å². The normalized spacial score (nSPS) is 11.8. The second-order valence-corrected chi connectivity index (χ2v) is 6.99. The number of rotatable bonds is 7. The molecule has 132 valence electrons. The van der Waals surface area contributed by atoms with Crippen molar-refractivity contribution in [1.29, 1.82) is 0 Å². The summed E-state index contributed by atoms with van der Waals surface area (Å²) in [7, 11) is 4.15. The highest BCUT2D eigenvalue weighted by Crippen LogP contribution is 2.26. The summed E-state index contributed by atoms with van der Waals surface area (Å²) in [4.78, 5) is 6.91. The molecule has 25 heavy (non-hydrogen) atoms. The maximum absolute atomic E-state index is 4.58. The Kier molecular flexibility index (Phi) is 5.51. The summed E-state index contributed by atoms with van der Waals surface area (Å²) < 4.78 is 2.21. The second kappa shape index (κ2) is 7.81. The van der Waals surface area contributed by atoms with Gasteiger partial charge in [-0.3, -0.25) is 0 Å². The minimum Gasteiger partial charge on any atom is -0.328 e. The zero-order chi connectivity index (χ0) is 17.8. The quantitative estimate of drug-likeness (QED) is 0.709. The van der Waals surface area contributed by atoms with Gasteiger partial charge in [0, 0.05) is 25.7 Å². The van der Waals surface area contributed by atoms with Crippen molar-refractivity contribution in [2.75, 3.05) is 27.2 Å². The van der Waals surface area contributed by atoms with E-state index >= 15 is 0 Å². The minimum absolute atomic E-state index is 0.423. The number of benzene rings is 2. The van der Waals surface area contributed by atoms with Crippen LogP contribution in [0.15, 0.2) is 48.8 Å². The highest BCUT2D eigenvalue weighted by molar-refractivity contribution is 5.82. The van der Waals surface area contributed by atoms with E-state index in [2.05, 4.69) is 83.1 Å². The molecule has 0 aliphatic rings. The maximum atomic E-state index is 4.58. The fraction of sp³-hybridized carbons (Fsp3) is 0.381. The number of hydrogen-bond donors (Lipinski definition) is 1. The summed E-state index contributed by atoms with van der Waals surface area (Å²) in [6, 6.07) is 15.8. The molecule has 1 aromatic heterocycles. The molecule has 4 heteroatoms. The van der Waals surface area contributed by atoms with Crippen molar-refractivity contribution in [1.82, 2.24) is 19.8 Å². The number of fused-ring (bicyclic) bond motifs is 1. The maximum Gasteiger partial charge on any atom is 0.0960 e. The van der Waals surface area contributed by atoms with Gasteiger partial charge in [-0.2, -0.15) is 0 Å². The summed E-state index contributed by atoms with van der Waals surface area (Å²) in [6.45, 7) is 7.37. The molecular weight excluding hydrogens is 308 g/mol. The fourth-order valence-electron chi connectivity index (χ4n) is 3.17. The Hall–Kier alpha value is -2.17. The molecule has 0 unspecified atom stereocenters. The molecule has 0 saturated carbocycles. The molecule has 2 aromatic carbocycles. The molecule has 0 radical (unpaired) electrons. The van der Waals surface area contributed by atoms with Crippen molar-refractivity contribution >= 4 is 11.0 Å². The Morgan fingerprint density at radius 2 is 1.92 bits per heavy atom. The van der Waals surface area contributed by atoms with Gasteiger partial charge in [0.2, 0.25) is 0 Å². The molecule has 0 amide bonds. The first-order valence-corrected chi connectivity index (χ1v) is 8.97. The second-order valence-electron chi connectivity index (χ2n) is 6.99. The lowest BCUT2D eigenvalue weighted by Crippen LogP contribution is -2.26. The third-order valence-electron chi connectivity index (χ3n) is 4.59. The molecule has 0 bridgehead atoms. The van der Waals surface area contributed by atoms with Crippen LogP contribution in [0.1, 0.15) is 25.5 Å². The lowest BCUT2D eigenvalue weighted by atomic mass is 10.0. The van der Waals surface area contributed by atoms with Crippen LogP contribution in [0.5, 0.6) is 0 Å². The average molecular weight is 336 g/mol. The van der Waals surface area contributed by atoms with E-state index in [9.17, 15) is 0 Å². The van der Waals surface area contributed by atoms with Crippen LogP contribution in [0, 0.1) is 0 Å². The number of hydrogen-bond acceptors (Lipinski definition) is 3. The first kappa shape index (κ1) is 17.6. The first-order valence-electron chi connectivity index (χ1n) is 8.97. The predicted molar refractivity (Wildman–Crippen MR) is 106 cm³/mol. The van der Waals surface area contributed by atoms with Crippen LogP contribution < -0.4 is 5.32 Å². The zero-order valence-corrected chi connectivity index (χ0v) is 15.7. The van der Waals surface area contributed by atoms with Crippen molar-refractivity contribution in [3.63, 3.8) is 0 Å². The van der Waals surface area contributed by atoms with Gasteiger partial charge in [0.25, 0.3) is 0 Å². The molecule has 0 saturated heterocycles. The van der Waals surface area contributed by atoms with Gasteiger partial charge in [-0.05, 0) is 62.8 Å². The van der Waals surface area contributed by atoms with Gasteiger partial charge in [-0.15, -0.1) is 0 Å². The summed E-state index contributed by atoms with van der Waals surface area (Å²) in [5.74, 6) is 0. The lowest BCUT2D eigenvalue weighted by Gasteiger charge is -2.17. The number of nitrogens with one attached hydrogen (secondary N) is 1. The van der Waals surface area contributed by atoms with Gasteiger partial charge in [0.05, 0.1) is 17.4 Å². The van der Waals surface area contributed by atoms with Crippen LogP contribution in [-0.2, 0) is 6.54 Å². The Labute approximate surface area is 150 Å². The van der Waals surface area contributed by atoms with Crippen molar-refractivity contribution in [3.8, 4) is 11.1 Å². The van der Waals surface area contributed by atoms with Crippen molar-refractivity contribution < 1.29 is 0 Å². The highest BCUT2D eigenvalue weighted by atomic mass is 15.1. The SMILES string of the molecule is CNCCN(C)Cc1cccc(-c2ccc3c(c2)ncn3C(C)C)c1. The molecule has 0 aliphatic heterocycles. The van der Waals surface area contributed by atoms with Crippen LogP contribution in [0.4, 0.5) is 0 Å². The summed E-state index contributed by atoms with van der Waals surface area (Å²) in [5.41, 5.74) is 6.06. The minimum atomic E-state index is 0.423. The Bertz CT molecular complexity index is 835. The van der Waals surface area contributed by atoms with Gasteiger partial charge < -0.3 is 14.8 Å². The van der Waals surface area contributed by atoms with Crippen LogP contribution in [-0.4, -0.2) is 41.6 Å². The topological polar surface area (TPSA) is 33.1 Å². The summed E-state index contributed by atoms with van der Waals surface area (Å²) in [6.07, 6.45) is 1.94. The lowest BCUT2D eigenvalue weighted by molar-refractivity contribution is 0.328. The largest absolute Gasteiger partial charge is 0.328 e. The predicted octanol–water partition coefficient (Wildman–Crippen LogP) is 3.94. The van der Waals surface area contributed by atoms with E-state index < -0.39 is 0 Å². The Morgan fingerprint density at radius 3 is 2.68 bits per heavy atom. The van der Waals surface area contributed by atoms with E-state index in [-0.39, 0.29) is 0 Å². The van der Waals surface area contributed by atoms with E-state index in [4.69, 9.17) is 0 Å². The van der Waals surface area contributed by atoms with E-state index in [1.54, 1.807) is 0 Å². The first-order chi connectivity index (χ1) is 12.1. The average Bonchev–Trinajstić information content (AvgIpc) is 3.03. The highest BCUT2D eigenvalue weighted by Gasteiger charge is 2.08. The Balaban J connectivity index is 1.84. The van der Waals surface area contributed by atoms with E-state index in [1.807, 2.05) is 13.4 Å². The van der Waals surface area contributed by atoms with Crippen molar-refractivity contribution in [2.24, 2.45) is 0 Å². The third kappa shape index (κ3) is 4.09. The molecule has 4 nitrogen and oxygen atoms in total. The van der Waals surface area contributed by atoms with Crippen LogP contribution >= 0.6 is 0 Å². The molecule has 0 aliphatic carbocycles. The Morgan fingerprint density at radius 1 is 1.12 bits per heavy atom. The standard InChI is InChI=1S/C21H28N4/c1-16(2)25-15-23-20-13-19(8-9-21(20)25)18-7-5-6-17(12-18)14-24(4)11-10-22-3/h5-9,12-13,15-16,22H,10-11,14H2,1-4H3. The van der Waals surface area contributed by atoms with Gasteiger partial charge in [-0.1, -0.05) is 24.3 Å². The van der Waals surface area contributed by atoms with Crippen molar-refractivity contribution in [3.05, 3.63) is 54.4 Å². The van der Waals surface area contributed by atoms with Crippen LogP contribution in [0.2, 0.25) is 0 Å². The van der Waals surface area contributed by atoms with Crippen LogP contribution in [0.3, 0.4) is 0 Å². The fourth-order valence-corrected chi connectivity index (χ4v) is 3.17. The van der Waals surface area contributed by atoms with Crippen LogP contribution in [0.25, 0.3) is 22.2 Å². The number of nitrogens with zero attached hydrogens (tertiary/aromatic N) is 3. The molecular formula is C21H28N4. The third-order valence-corrected chi connectivity index (χ3v) is 4.59. The smallest absolute Gasteiger partial charge is 0.0960 e. The monoisotopic (exact) mass is 336 g/mol. The van der Waals surface area contributed by atoms with E-state index in [0.717, 1.165) is 25.2 Å². The van der Waals surface area contributed by atoms with E-state index in [0.29, 0.717) is 6.04 Å². The molecule has 0 spiro atoms. The molecule has 3 aromatic rings. The summed E-state index contributed by atoms with van der Waals surface area (Å²) in [5, 5.41) is 3.20. The number of aromatic nitrogens is 2. The summed E-state index contributed by atoms with van der Waals surface area (Å²) >= 11 is 0. The molecule has 1 N–H and O–H groups in total. The molecule has 3 rings (SSSR count). The zero-order valence-electron chi connectivity index (χ0n) is 15.7. The molecule has 1 heterocycles. The molecule has 0 fully saturated rings. The van der Waals surface area contributed by atoms with Gasteiger partial charge in [0.15, 0.2) is 0 Å².